The highest BCUT2D eigenvalue weighted by Crippen LogP contribution is 2.23. The summed E-state index contributed by atoms with van der Waals surface area (Å²) in [5.41, 5.74) is 1.27. The van der Waals surface area contributed by atoms with E-state index in [1.165, 1.54) is 28.6 Å². The van der Waals surface area contributed by atoms with E-state index in [0.29, 0.717) is 22.1 Å². The van der Waals surface area contributed by atoms with Gasteiger partial charge in [-0.2, -0.15) is 0 Å². The largest absolute Gasteiger partial charge is 0.326 e. The summed E-state index contributed by atoms with van der Waals surface area (Å²) in [6, 6.07) is 18.9. The zero-order valence-corrected chi connectivity index (χ0v) is 22.6. The van der Waals surface area contributed by atoms with Crippen LogP contribution in [0.25, 0.3) is 0 Å². The predicted octanol–water partition coefficient (Wildman–Crippen LogP) is 5.09. The minimum atomic E-state index is -3.79. The number of carbonyl (C=O) groups is 1. The minimum absolute atomic E-state index is 0.0451. The second kappa shape index (κ2) is 11.4. The highest BCUT2D eigenvalue weighted by molar-refractivity contribution is 9.10. The summed E-state index contributed by atoms with van der Waals surface area (Å²) < 4.78 is 54.0. The van der Waals surface area contributed by atoms with Gasteiger partial charge in [0.25, 0.3) is 10.0 Å². The predicted molar refractivity (Wildman–Crippen MR) is 143 cm³/mol. The molecule has 12 heteroatoms. The molecule has 186 valence electrons. The lowest BCUT2D eigenvalue weighted by molar-refractivity contribution is -0.116. The van der Waals surface area contributed by atoms with Gasteiger partial charge < -0.3 is 5.32 Å². The van der Waals surface area contributed by atoms with Gasteiger partial charge >= 0.3 is 0 Å². The number of hydrogen-bond donors (Lipinski definition) is 2. The van der Waals surface area contributed by atoms with Crippen molar-refractivity contribution in [1.29, 1.82) is 0 Å². The summed E-state index contributed by atoms with van der Waals surface area (Å²) in [6.07, 6.45) is 1.43. The number of benzene rings is 3. The fourth-order valence-electron chi connectivity index (χ4n) is 3.17. The molecule has 0 saturated carbocycles. The van der Waals surface area contributed by atoms with Gasteiger partial charge in [0.15, 0.2) is 0 Å². The van der Waals surface area contributed by atoms with Crippen LogP contribution < -0.4 is 14.3 Å². The SMILES string of the molecule is CS(=O)(=O)N(CCCC(=O)Nc1ccc(S(=O)(=O)Nc2ccc(Br)cc2)cc1)c1cccc(Cl)c1. The van der Waals surface area contributed by atoms with Gasteiger partial charge in [0, 0.05) is 33.8 Å². The molecule has 0 heterocycles. The number of rotatable bonds is 10. The van der Waals surface area contributed by atoms with Crippen LogP contribution in [0.1, 0.15) is 12.8 Å². The number of hydrogen-bond acceptors (Lipinski definition) is 5. The van der Waals surface area contributed by atoms with Crippen molar-refractivity contribution < 1.29 is 21.6 Å². The molecule has 3 aromatic carbocycles. The van der Waals surface area contributed by atoms with Crippen molar-refractivity contribution in [2.75, 3.05) is 27.1 Å². The van der Waals surface area contributed by atoms with Crippen LogP contribution in [0.4, 0.5) is 17.1 Å². The van der Waals surface area contributed by atoms with Gasteiger partial charge in [0.2, 0.25) is 15.9 Å². The Balaban J connectivity index is 1.56. The fraction of sp³-hybridized carbons (Fsp3) is 0.174. The quantitative estimate of drug-likeness (QED) is 0.337. The van der Waals surface area contributed by atoms with Crippen LogP contribution in [0.15, 0.2) is 82.2 Å². The van der Waals surface area contributed by atoms with Crippen molar-refractivity contribution in [3.05, 3.63) is 82.3 Å². The van der Waals surface area contributed by atoms with E-state index in [4.69, 9.17) is 11.6 Å². The van der Waals surface area contributed by atoms with Crippen molar-refractivity contribution in [2.24, 2.45) is 0 Å². The lowest BCUT2D eigenvalue weighted by atomic mass is 10.2. The Morgan fingerprint density at radius 2 is 1.57 bits per heavy atom. The molecule has 0 aliphatic heterocycles. The summed E-state index contributed by atoms with van der Waals surface area (Å²) >= 11 is 9.27. The van der Waals surface area contributed by atoms with Crippen molar-refractivity contribution in [1.82, 2.24) is 0 Å². The number of nitrogens with zero attached hydrogens (tertiary/aromatic N) is 1. The third-order valence-corrected chi connectivity index (χ3v) is 8.16. The maximum atomic E-state index is 12.6. The minimum Gasteiger partial charge on any atom is -0.326 e. The number of sulfonamides is 2. The lowest BCUT2D eigenvalue weighted by Gasteiger charge is -2.22. The van der Waals surface area contributed by atoms with Crippen LogP contribution in [0, 0.1) is 0 Å². The molecule has 3 rings (SSSR count). The number of halogens is 2. The number of nitrogens with one attached hydrogen (secondary N) is 2. The third-order valence-electron chi connectivity index (χ3n) is 4.81. The van der Waals surface area contributed by atoms with Gasteiger partial charge in [-0.15, -0.1) is 0 Å². The molecule has 0 fully saturated rings. The zero-order valence-electron chi connectivity index (χ0n) is 18.6. The molecule has 0 aromatic heterocycles. The van der Waals surface area contributed by atoms with E-state index >= 15 is 0 Å². The molecule has 2 N–H and O–H groups in total. The third kappa shape index (κ3) is 7.96. The Morgan fingerprint density at radius 1 is 0.943 bits per heavy atom. The van der Waals surface area contributed by atoms with Crippen LogP contribution in [-0.2, 0) is 24.8 Å². The zero-order chi connectivity index (χ0) is 25.6. The molecule has 0 unspecified atom stereocenters. The number of amides is 1. The highest BCUT2D eigenvalue weighted by atomic mass is 79.9. The topological polar surface area (TPSA) is 113 Å². The van der Waals surface area contributed by atoms with Crippen LogP contribution in [0.2, 0.25) is 5.02 Å². The Kier molecular flexibility index (Phi) is 8.81. The molecular weight excluding hydrogens is 578 g/mol. The first-order valence-electron chi connectivity index (χ1n) is 10.4. The van der Waals surface area contributed by atoms with Gasteiger partial charge in [0.1, 0.15) is 0 Å². The number of carbonyl (C=O) groups excluding carboxylic acids is 1. The van der Waals surface area contributed by atoms with Gasteiger partial charge in [-0.25, -0.2) is 16.8 Å². The molecule has 0 aliphatic carbocycles. The molecule has 0 atom stereocenters. The number of anilines is 3. The molecule has 8 nitrogen and oxygen atoms in total. The van der Waals surface area contributed by atoms with E-state index in [0.717, 1.165) is 10.7 Å². The molecule has 35 heavy (non-hydrogen) atoms. The maximum Gasteiger partial charge on any atom is 0.261 e. The molecule has 3 aromatic rings. The second-order valence-corrected chi connectivity index (χ2v) is 12.5. The Bertz CT molecular complexity index is 1400. The summed E-state index contributed by atoms with van der Waals surface area (Å²) in [4.78, 5) is 12.4. The normalized spacial score (nSPS) is 11.6. The Hall–Kier alpha value is -2.60. The molecule has 0 spiro atoms. The van der Waals surface area contributed by atoms with Crippen LogP contribution >= 0.6 is 27.5 Å². The standard InChI is InChI=1S/C23H23BrClN3O5S2/c1-34(30,31)28(21-5-2-4-18(25)16-21)15-3-6-23(29)26-19-11-13-22(14-12-19)35(32,33)27-20-9-7-17(24)8-10-20/h2,4-5,7-14,16,27H,3,6,15H2,1H3,(H,26,29). The maximum absolute atomic E-state index is 12.6. The summed E-state index contributed by atoms with van der Waals surface area (Å²) in [7, 11) is -7.35. The van der Waals surface area contributed by atoms with E-state index in [1.54, 1.807) is 48.5 Å². The van der Waals surface area contributed by atoms with E-state index in [2.05, 4.69) is 26.0 Å². The second-order valence-electron chi connectivity index (χ2n) is 7.60. The lowest BCUT2D eigenvalue weighted by Crippen LogP contribution is -2.31. The van der Waals surface area contributed by atoms with Crippen molar-refractivity contribution >= 4 is 70.5 Å². The molecule has 0 radical (unpaired) electrons. The Labute approximate surface area is 218 Å². The van der Waals surface area contributed by atoms with E-state index in [9.17, 15) is 21.6 Å². The fourth-order valence-corrected chi connectivity index (χ4v) is 5.64. The van der Waals surface area contributed by atoms with Crippen LogP contribution in [-0.4, -0.2) is 35.5 Å². The van der Waals surface area contributed by atoms with Gasteiger partial charge in [-0.05, 0) is 73.2 Å². The van der Waals surface area contributed by atoms with E-state index in [-0.39, 0.29) is 30.2 Å². The first kappa shape index (κ1) is 27.0. The van der Waals surface area contributed by atoms with E-state index < -0.39 is 20.0 Å². The molecule has 0 bridgehead atoms. The monoisotopic (exact) mass is 599 g/mol. The van der Waals surface area contributed by atoms with Gasteiger partial charge in [0.05, 0.1) is 16.8 Å². The summed E-state index contributed by atoms with van der Waals surface area (Å²) in [5.74, 6) is -0.326. The van der Waals surface area contributed by atoms with Gasteiger partial charge in [-0.1, -0.05) is 33.6 Å². The van der Waals surface area contributed by atoms with Gasteiger partial charge in [-0.3, -0.25) is 13.8 Å². The first-order valence-corrected chi connectivity index (χ1v) is 14.9. The molecule has 0 aliphatic rings. The molecule has 1 amide bonds. The average Bonchev–Trinajstić information content (AvgIpc) is 2.77. The highest BCUT2D eigenvalue weighted by Gasteiger charge is 2.18. The van der Waals surface area contributed by atoms with Crippen molar-refractivity contribution in [3.8, 4) is 0 Å². The summed E-state index contributed by atoms with van der Waals surface area (Å²) in [6.45, 7) is 0.103. The Morgan fingerprint density at radius 3 is 2.17 bits per heavy atom. The van der Waals surface area contributed by atoms with Crippen molar-refractivity contribution in [3.63, 3.8) is 0 Å². The first-order chi connectivity index (χ1) is 16.4. The van der Waals surface area contributed by atoms with Crippen LogP contribution in [0.3, 0.4) is 0 Å². The smallest absolute Gasteiger partial charge is 0.261 e. The van der Waals surface area contributed by atoms with Crippen molar-refractivity contribution in [2.45, 2.75) is 17.7 Å². The van der Waals surface area contributed by atoms with Crippen LogP contribution in [0.5, 0.6) is 0 Å². The summed E-state index contributed by atoms with van der Waals surface area (Å²) in [5, 5.41) is 3.10. The molecular formula is C23H23BrClN3O5S2. The average molecular weight is 601 g/mol. The molecule has 0 saturated heterocycles. The van der Waals surface area contributed by atoms with E-state index in [1.807, 2.05) is 0 Å².